The number of benzene rings is 2. The monoisotopic (exact) mass is 368 g/mol. The van der Waals surface area contributed by atoms with Gasteiger partial charge in [-0.15, -0.1) is 0 Å². The second kappa shape index (κ2) is 5.79. The Labute approximate surface area is 154 Å². The molecular weight excluding hydrogens is 351 g/mol. The molecule has 0 aliphatic carbocycles. The van der Waals surface area contributed by atoms with Crippen LogP contribution in [-0.2, 0) is 19.1 Å². The summed E-state index contributed by atoms with van der Waals surface area (Å²) in [4.78, 5) is 26.2. The molecule has 2 aromatic rings. The maximum atomic E-state index is 13.5. The lowest BCUT2D eigenvalue weighted by atomic mass is 9.97. The lowest BCUT2D eigenvalue weighted by molar-refractivity contribution is -0.230. The largest absolute Gasteiger partial charge is 0.400 e. The number of esters is 2. The van der Waals surface area contributed by atoms with Crippen LogP contribution in [0.3, 0.4) is 0 Å². The van der Waals surface area contributed by atoms with Crippen molar-refractivity contribution in [1.82, 2.24) is 5.32 Å². The molecule has 7 heteroatoms. The van der Waals surface area contributed by atoms with Crippen LogP contribution < -0.4 is 10.2 Å². The summed E-state index contributed by atoms with van der Waals surface area (Å²) in [5, 5.41) is 4.90. The number of hydrogen-bond acceptors (Lipinski definition) is 6. The van der Waals surface area contributed by atoms with Gasteiger partial charge >= 0.3 is 17.8 Å². The maximum Gasteiger partial charge on any atom is 0.347 e. The summed E-state index contributed by atoms with van der Waals surface area (Å²) in [6, 6.07) is 10.1. The van der Waals surface area contributed by atoms with Crippen molar-refractivity contribution in [2.45, 2.75) is 5.91 Å². The first-order chi connectivity index (χ1) is 13.0. The molecule has 3 aliphatic rings. The number of carbonyl (C=O) groups excluding carboxylic acids is 2. The van der Waals surface area contributed by atoms with Gasteiger partial charge in [-0.05, 0) is 35.0 Å². The van der Waals surface area contributed by atoms with E-state index in [1.165, 1.54) is 12.1 Å². The van der Waals surface area contributed by atoms with E-state index < -0.39 is 17.8 Å². The minimum absolute atomic E-state index is 0.172. The van der Waals surface area contributed by atoms with E-state index in [2.05, 4.69) is 5.32 Å². The highest BCUT2D eigenvalue weighted by molar-refractivity contribution is 5.94. The molecule has 1 N–H and O–H groups in total. The predicted molar refractivity (Wildman–Crippen MR) is 95.2 cm³/mol. The van der Waals surface area contributed by atoms with Gasteiger partial charge in [0.2, 0.25) is 0 Å². The van der Waals surface area contributed by atoms with Gasteiger partial charge in [0.25, 0.3) is 0 Å². The number of nitrogens with one attached hydrogen (secondary N) is 1. The number of hydrogen-bond donors (Lipinski definition) is 1. The molecule has 0 saturated carbocycles. The van der Waals surface area contributed by atoms with Crippen LogP contribution in [0.25, 0.3) is 10.8 Å². The van der Waals surface area contributed by atoms with Gasteiger partial charge in [0.1, 0.15) is 5.82 Å². The van der Waals surface area contributed by atoms with Crippen molar-refractivity contribution in [3.05, 3.63) is 54.4 Å². The quantitative estimate of drug-likeness (QED) is 0.776. The molecule has 138 valence electrons. The standard InChI is InChI=1S/C20H17FN2O4/c21-15-3-1-13-8-16(4-2-12(13)7-15)23-11-14-9-22-10-17(14)20(23)26-18(24)5-6-19(25)27-20/h1-8,14,17,22H,9-11H2. The Bertz CT molecular complexity index is 969. The van der Waals surface area contributed by atoms with Crippen LogP contribution in [0, 0.1) is 17.7 Å². The Kier molecular flexibility index (Phi) is 3.48. The minimum Gasteiger partial charge on any atom is -0.400 e. The van der Waals surface area contributed by atoms with Crippen LogP contribution in [-0.4, -0.2) is 37.5 Å². The first-order valence-corrected chi connectivity index (χ1v) is 8.87. The van der Waals surface area contributed by atoms with E-state index in [1.54, 1.807) is 6.07 Å². The second-order valence-electron chi connectivity index (χ2n) is 7.12. The maximum absolute atomic E-state index is 13.5. The predicted octanol–water partition coefficient (Wildman–Crippen LogP) is 1.94. The van der Waals surface area contributed by atoms with Crippen molar-refractivity contribution in [1.29, 1.82) is 0 Å². The Morgan fingerprint density at radius 3 is 2.48 bits per heavy atom. The first-order valence-electron chi connectivity index (χ1n) is 8.87. The van der Waals surface area contributed by atoms with E-state index in [1.807, 2.05) is 23.1 Å². The highest BCUT2D eigenvalue weighted by Gasteiger charge is 2.62. The molecule has 27 heavy (non-hydrogen) atoms. The summed E-state index contributed by atoms with van der Waals surface area (Å²) in [7, 11) is 0. The number of carbonyl (C=O) groups is 2. The molecule has 0 aromatic heterocycles. The summed E-state index contributed by atoms with van der Waals surface area (Å²) in [5.41, 5.74) is 0.756. The number of fused-ring (bicyclic) bond motifs is 3. The Morgan fingerprint density at radius 1 is 1.00 bits per heavy atom. The summed E-state index contributed by atoms with van der Waals surface area (Å²) in [6.07, 6.45) is 2.18. The average Bonchev–Trinajstić information content (AvgIpc) is 3.17. The van der Waals surface area contributed by atoms with Crippen LogP contribution in [0.4, 0.5) is 10.1 Å². The molecule has 2 aromatic carbocycles. The van der Waals surface area contributed by atoms with E-state index >= 15 is 0 Å². The van der Waals surface area contributed by atoms with Gasteiger partial charge in [0.15, 0.2) is 0 Å². The number of anilines is 1. The molecule has 5 rings (SSSR count). The molecule has 2 atom stereocenters. The van der Waals surface area contributed by atoms with Gasteiger partial charge in [0, 0.05) is 43.4 Å². The van der Waals surface area contributed by atoms with E-state index in [0.717, 1.165) is 35.2 Å². The molecule has 2 fully saturated rings. The summed E-state index contributed by atoms with van der Waals surface area (Å²) < 4.78 is 24.9. The lowest BCUT2D eigenvalue weighted by Crippen LogP contribution is -2.55. The topological polar surface area (TPSA) is 67.9 Å². The fourth-order valence-electron chi connectivity index (χ4n) is 4.35. The molecule has 2 unspecified atom stereocenters. The van der Waals surface area contributed by atoms with Crippen molar-refractivity contribution >= 4 is 28.4 Å². The molecule has 0 radical (unpaired) electrons. The SMILES string of the molecule is O=C1C=CC(=O)OC2(O1)C1CNCC1CN2c1ccc2cc(F)ccc2c1. The molecule has 0 amide bonds. The van der Waals surface area contributed by atoms with Crippen molar-refractivity contribution in [3.63, 3.8) is 0 Å². The van der Waals surface area contributed by atoms with Crippen LogP contribution in [0.15, 0.2) is 48.6 Å². The summed E-state index contributed by atoms with van der Waals surface area (Å²) in [5.74, 6) is -3.00. The Hall–Kier alpha value is -2.93. The number of rotatable bonds is 1. The third-order valence-corrected chi connectivity index (χ3v) is 5.55. The second-order valence-corrected chi connectivity index (χ2v) is 7.12. The normalized spacial score (nSPS) is 26.2. The van der Waals surface area contributed by atoms with Crippen LogP contribution in [0.5, 0.6) is 0 Å². The molecule has 6 nitrogen and oxygen atoms in total. The zero-order valence-electron chi connectivity index (χ0n) is 14.4. The minimum atomic E-state index is -1.49. The van der Waals surface area contributed by atoms with Gasteiger partial charge in [0.05, 0.1) is 5.92 Å². The first kappa shape index (κ1) is 16.3. The van der Waals surface area contributed by atoms with Crippen LogP contribution in [0.2, 0.25) is 0 Å². The van der Waals surface area contributed by atoms with E-state index in [-0.39, 0.29) is 17.7 Å². The third kappa shape index (κ3) is 2.49. The smallest absolute Gasteiger partial charge is 0.347 e. The highest BCUT2D eigenvalue weighted by Crippen LogP contribution is 2.46. The van der Waals surface area contributed by atoms with Crippen molar-refractivity contribution < 1.29 is 23.5 Å². The van der Waals surface area contributed by atoms with E-state index in [0.29, 0.717) is 13.1 Å². The Morgan fingerprint density at radius 2 is 1.70 bits per heavy atom. The summed E-state index contributed by atoms with van der Waals surface area (Å²) in [6.45, 7) is 1.91. The highest BCUT2D eigenvalue weighted by atomic mass is 19.1. The molecule has 3 aliphatic heterocycles. The van der Waals surface area contributed by atoms with Crippen molar-refractivity contribution in [2.75, 3.05) is 24.5 Å². The third-order valence-electron chi connectivity index (χ3n) is 5.55. The van der Waals surface area contributed by atoms with Gasteiger partial charge < -0.3 is 14.8 Å². The number of ether oxygens (including phenoxy) is 2. The fourth-order valence-corrected chi connectivity index (χ4v) is 4.35. The van der Waals surface area contributed by atoms with Crippen molar-refractivity contribution in [3.8, 4) is 0 Å². The van der Waals surface area contributed by atoms with E-state index in [4.69, 9.17) is 9.47 Å². The zero-order chi connectivity index (χ0) is 18.6. The molecular formula is C20H17FN2O4. The van der Waals surface area contributed by atoms with Crippen LogP contribution >= 0.6 is 0 Å². The van der Waals surface area contributed by atoms with Crippen molar-refractivity contribution in [2.24, 2.45) is 11.8 Å². The fraction of sp³-hybridized carbons (Fsp3) is 0.300. The molecule has 0 bridgehead atoms. The number of nitrogens with zero attached hydrogens (tertiary/aromatic N) is 1. The van der Waals surface area contributed by atoms with E-state index in [9.17, 15) is 14.0 Å². The van der Waals surface area contributed by atoms with Gasteiger partial charge in [-0.1, -0.05) is 12.1 Å². The number of halogens is 1. The molecule has 1 spiro atoms. The summed E-state index contributed by atoms with van der Waals surface area (Å²) >= 11 is 0. The zero-order valence-corrected chi connectivity index (χ0v) is 14.4. The molecule has 2 saturated heterocycles. The lowest BCUT2D eigenvalue weighted by Gasteiger charge is -2.39. The van der Waals surface area contributed by atoms with Gasteiger partial charge in [-0.25, -0.2) is 14.0 Å². The molecule has 3 heterocycles. The van der Waals surface area contributed by atoms with Gasteiger partial charge in [-0.3, -0.25) is 4.90 Å². The van der Waals surface area contributed by atoms with Gasteiger partial charge in [-0.2, -0.15) is 0 Å². The Balaban J connectivity index is 1.62. The average molecular weight is 368 g/mol. The van der Waals surface area contributed by atoms with Crippen LogP contribution in [0.1, 0.15) is 0 Å².